The van der Waals surface area contributed by atoms with Gasteiger partial charge in [-0.2, -0.15) is 12.7 Å². The van der Waals surface area contributed by atoms with Crippen molar-refractivity contribution in [3.05, 3.63) is 18.2 Å². The molecule has 3 N–H and O–H groups in total. The Bertz CT molecular complexity index is 659. The average Bonchev–Trinajstić information content (AvgIpc) is 2.46. The fraction of sp³-hybridized carbons (Fsp3) is 0.643. The summed E-state index contributed by atoms with van der Waals surface area (Å²) in [6, 6.07) is 0. The van der Waals surface area contributed by atoms with E-state index in [9.17, 15) is 13.2 Å². The lowest BCUT2D eigenvalue weighted by Gasteiger charge is -2.29. The zero-order valence-electron chi connectivity index (χ0n) is 13.6. The topological polar surface area (TPSA) is 118 Å². The van der Waals surface area contributed by atoms with Crippen molar-refractivity contribution in [3.8, 4) is 0 Å². The molecule has 1 aromatic heterocycles. The van der Waals surface area contributed by atoms with Gasteiger partial charge in [-0.3, -0.25) is 4.79 Å². The van der Waals surface area contributed by atoms with E-state index < -0.39 is 10.2 Å². The number of carbonyl (C=O) groups is 1. The van der Waals surface area contributed by atoms with Crippen LogP contribution in [0.5, 0.6) is 0 Å². The summed E-state index contributed by atoms with van der Waals surface area (Å²) in [5.74, 6) is 0.318. The molecular weight excluding hydrogens is 318 g/mol. The van der Waals surface area contributed by atoms with E-state index in [4.69, 9.17) is 5.14 Å². The highest BCUT2D eigenvalue weighted by atomic mass is 32.2. The maximum Gasteiger partial charge on any atom is 0.276 e. The summed E-state index contributed by atoms with van der Waals surface area (Å²) in [6.45, 7) is 6.56. The molecule has 0 spiro atoms. The van der Waals surface area contributed by atoms with Crippen molar-refractivity contribution in [2.45, 2.75) is 39.0 Å². The Morgan fingerprint density at radius 1 is 1.26 bits per heavy atom. The molecule has 2 heterocycles. The Labute approximate surface area is 136 Å². The summed E-state index contributed by atoms with van der Waals surface area (Å²) in [5, 5.41) is 7.87. The first-order chi connectivity index (χ1) is 10.6. The van der Waals surface area contributed by atoms with Crippen LogP contribution >= 0.6 is 0 Å². The van der Waals surface area contributed by atoms with Crippen LogP contribution in [-0.2, 0) is 20.4 Å². The summed E-state index contributed by atoms with van der Waals surface area (Å²) in [4.78, 5) is 20.8. The Balaban J connectivity index is 1.93. The monoisotopic (exact) mass is 341 g/mol. The second-order valence-electron chi connectivity index (χ2n) is 6.75. The van der Waals surface area contributed by atoms with Crippen LogP contribution in [0.4, 0.5) is 5.69 Å². The van der Waals surface area contributed by atoms with E-state index in [1.165, 1.54) is 4.31 Å². The summed E-state index contributed by atoms with van der Waals surface area (Å²) < 4.78 is 23.7. The van der Waals surface area contributed by atoms with Crippen molar-refractivity contribution < 1.29 is 13.2 Å². The number of rotatable bonds is 3. The van der Waals surface area contributed by atoms with Crippen molar-refractivity contribution in [2.24, 2.45) is 11.1 Å². The quantitative estimate of drug-likeness (QED) is 0.836. The predicted octanol–water partition coefficient (Wildman–Crippen LogP) is 0.628. The smallest absolute Gasteiger partial charge is 0.276 e. The second-order valence-corrected chi connectivity index (χ2v) is 8.30. The maximum absolute atomic E-state index is 12.2. The van der Waals surface area contributed by atoms with Gasteiger partial charge in [0.2, 0.25) is 5.91 Å². The third-order valence-electron chi connectivity index (χ3n) is 3.77. The molecule has 1 aliphatic heterocycles. The summed E-state index contributed by atoms with van der Waals surface area (Å²) in [7, 11) is -3.67. The largest absolute Gasteiger partial charge is 0.323 e. The predicted molar refractivity (Wildman–Crippen MR) is 86.8 cm³/mol. The molecule has 1 saturated heterocycles. The van der Waals surface area contributed by atoms with Gasteiger partial charge >= 0.3 is 0 Å². The lowest BCUT2D eigenvalue weighted by molar-refractivity contribution is -0.120. The van der Waals surface area contributed by atoms with Crippen LogP contribution in [0, 0.1) is 5.92 Å². The van der Waals surface area contributed by atoms with Crippen LogP contribution < -0.4 is 10.5 Å². The Kier molecular flexibility index (Phi) is 5.02. The minimum absolute atomic E-state index is 0.147. The third-order valence-corrected chi connectivity index (χ3v) is 4.86. The van der Waals surface area contributed by atoms with E-state index in [1.807, 2.05) is 20.8 Å². The van der Waals surface area contributed by atoms with Gasteiger partial charge in [-0.25, -0.2) is 15.1 Å². The minimum Gasteiger partial charge on any atom is -0.323 e. The molecule has 1 fully saturated rings. The molecule has 2 rings (SSSR count). The Morgan fingerprint density at radius 2 is 1.78 bits per heavy atom. The number of aromatic nitrogens is 2. The fourth-order valence-electron chi connectivity index (χ4n) is 2.40. The van der Waals surface area contributed by atoms with Gasteiger partial charge in [-0.1, -0.05) is 20.8 Å². The first-order valence-electron chi connectivity index (χ1n) is 7.48. The van der Waals surface area contributed by atoms with Crippen LogP contribution in [0.25, 0.3) is 0 Å². The van der Waals surface area contributed by atoms with Crippen LogP contribution in [0.2, 0.25) is 0 Å². The molecule has 0 bridgehead atoms. The van der Waals surface area contributed by atoms with E-state index in [1.54, 1.807) is 12.4 Å². The minimum atomic E-state index is -3.67. The van der Waals surface area contributed by atoms with Crippen molar-refractivity contribution in [1.82, 2.24) is 14.3 Å². The zero-order chi connectivity index (χ0) is 17.3. The van der Waals surface area contributed by atoms with E-state index in [0.29, 0.717) is 24.4 Å². The van der Waals surface area contributed by atoms with Gasteiger partial charge in [-0.05, 0) is 12.8 Å². The van der Waals surface area contributed by atoms with E-state index in [-0.39, 0.29) is 30.3 Å². The third kappa shape index (κ3) is 4.69. The second kappa shape index (κ2) is 6.50. The van der Waals surface area contributed by atoms with Crippen molar-refractivity contribution >= 4 is 21.8 Å². The molecule has 1 amide bonds. The van der Waals surface area contributed by atoms with Crippen LogP contribution in [-0.4, -0.2) is 41.7 Å². The first-order valence-corrected chi connectivity index (χ1v) is 8.99. The molecule has 128 valence electrons. The number of piperidine rings is 1. The Morgan fingerprint density at radius 3 is 2.22 bits per heavy atom. The molecule has 0 saturated carbocycles. The van der Waals surface area contributed by atoms with Gasteiger partial charge in [0.1, 0.15) is 5.82 Å². The lowest BCUT2D eigenvalue weighted by Crippen LogP contribution is -2.44. The fourth-order valence-corrected chi connectivity index (χ4v) is 3.12. The number of nitrogens with two attached hydrogens (primary N) is 1. The van der Waals surface area contributed by atoms with Crippen molar-refractivity contribution in [3.63, 3.8) is 0 Å². The highest BCUT2D eigenvalue weighted by Crippen LogP contribution is 2.21. The van der Waals surface area contributed by atoms with E-state index >= 15 is 0 Å². The number of hydrogen-bond acceptors (Lipinski definition) is 5. The molecule has 0 unspecified atom stereocenters. The molecule has 9 heteroatoms. The summed E-state index contributed by atoms with van der Waals surface area (Å²) in [6.07, 6.45) is 4.07. The molecule has 0 atom stereocenters. The Hall–Kier alpha value is -1.58. The molecule has 23 heavy (non-hydrogen) atoms. The molecule has 1 aromatic rings. The summed E-state index contributed by atoms with van der Waals surface area (Å²) >= 11 is 0. The maximum atomic E-state index is 12.2. The van der Waals surface area contributed by atoms with Gasteiger partial charge in [0.25, 0.3) is 10.2 Å². The van der Waals surface area contributed by atoms with Crippen LogP contribution in [0.15, 0.2) is 12.4 Å². The number of nitrogens with zero attached hydrogens (tertiary/aromatic N) is 3. The molecular formula is C14H23N5O3S. The number of nitrogens with one attached hydrogen (secondary N) is 1. The lowest BCUT2D eigenvalue weighted by atomic mass is 9.96. The SMILES string of the molecule is CC(C)(C)c1ncc(NC(=O)C2CCN(S(N)(=O)=O)CC2)cn1. The highest BCUT2D eigenvalue weighted by Gasteiger charge is 2.29. The molecule has 0 aromatic carbocycles. The summed E-state index contributed by atoms with van der Waals surface area (Å²) in [5.41, 5.74) is 0.389. The van der Waals surface area contributed by atoms with Crippen LogP contribution in [0.3, 0.4) is 0 Å². The average molecular weight is 341 g/mol. The highest BCUT2D eigenvalue weighted by molar-refractivity contribution is 7.86. The van der Waals surface area contributed by atoms with E-state index in [0.717, 1.165) is 0 Å². The van der Waals surface area contributed by atoms with Gasteiger partial charge in [0.15, 0.2) is 0 Å². The number of carbonyl (C=O) groups excluding carboxylic acids is 1. The molecule has 0 aliphatic carbocycles. The van der Waals surface area contributed by atoms with Gasteiger partial charge in [-0.15, -0.1) is 0 Å². The van der Waals surface area contributed by atoms with Crippen LogP contribution in [0.1, 0.15) is 39.4 Å². The normalized spacial score (nSPS) is 17.9. The van der Waals surface area contributed by atoms with Gasteiger partial charge in [0, 0.05) is 24.4 Å². The molecule has 1 aliphatic rings. The van der Waals surface area contributed by atoms with Crippen molar-refractivity contribution in [1.29, 1.82) is 0 Å². The number of hydrogen-bond donors (Lipinski definition) is 2. The van der Waals surface area contributed by atoms with Gasteiger partial charge < -0.3 is 5.32 Å². The van der Waals surface area contributed by atoms with E-state index in [2.05, 4.69) is 15.3 Å². The number of amides is 1. The number of anilines is 1. The molecule has 8 nitrogen and oxygen atoms in total. The zero-order valence-corrected chi connectivity index (χ0v) is 14.4. The standard InChI is InChI=1S/C14H23N5O3S/c1-14(2,3)13-16-8-11(9-17-13)18-12(20)10-4-6-19(7-5-10)23(15,21)22/h8-10H,4-7H2,1-3H3,(H,18,20)(H2,15,21,22). The molecule has 0 radical (unpaired) electrons. The van der Waals surface area contributed by atoms with Crippen molar-refractivity contribution in [2.75, 3.05) is 18.4 Å². The first kappa shape index (κ1) is 17.8. The van der Waals surface area contributed by atoms with Gasteiger partial charge in [0.05, 0.1) is 18.1 Å².